The van der Waals surface area contributed by atoms with Crippen LogP contribution in [-0.2, 0) is 9.53 Å². The second-order valence-corrected chi connectivity index (χ2v) is 11.3. The van der Waals surface area contributed by atoms with Crippen LogP contribution < -0.4 is 0 Å². The highest BCUT2D eigenvalue weighted by molar-refractivity contribution is 5.92. The Labute approximate surface area is 163 Å². The molecule has 0 aromatic heterocycles. The number of hydrogen-bond acceptors (Lipinski definition) is 4. The molecular formula is C23H35NO3. The second kappa shape index (κ2) is 5.37. The van der Waals surface area contributed by atoms with E-state index in [9.17, 15) is 9.90 Å². The third kappa shape index (κ3) is 2.18. The van der Waals surface area contributed by atoms with Crippen LogP contribution in [0.1, 0.15) is 71.6 Å². The van der Waals surface area contributed by atoms with Gasteiger partial charge in [0.05, 0.1) is 6.04 Å². The number of epoxide rings is 1. The molecule has 9 atom stereocenters. The van der Waals surface area contributed by atoms with Crippen LogP contribution in [0, 0.1) is 34.5 Å². The van der Waals surface area contributed by atoms with Crippen LogP contribution in [0.3, 0.4) is 0 Å². The van der Waals surface area contributed by atoms with E-state index in [-0.39, 0.29) is 17.6 Å². The minimum Gasteiger partial charge on any atom is -0.363 e. The number of rotatable bonds is 1. The predicted octanol–water partition coefficient (Wildman–Crippen LogP) is 3.37. The van der Waals surface area contributed by atoms with E-state index in [1.54, 1.807) is 0 Å². The number of aliphatic hydroxyl groups is 1. The highest BCUT2D eigenvalue weighted by Gasteiger charge is 2.69. The Morgan fingerprint density at radius 1 is 1.07 bits per heavy atom. The van der Waals surface area contributed by atoms with Crippen molar-refractivity contribution in [3.05, 3.63) is 0 Å². The molecule has 6 rings (SSSR count). The second-order valence-electron chi connectivity index (χ2n) is 11.3. The molecule has 1 N–H and O–H groups in total. The van der Waals surface area contributed by atoms with E-state index in [0.717, 1.165) is 38.8 Å². The van der Waals surface area contributed by atoms with E-state index in [0.29, 0.717) is 34.9 Å². The van der Waals surface area contributed by atoms with E-state index in [1.165, 1.54) is 32.1 Å². The molecule has 2 saturated heterocycles. The summed E-state index contributed by atoms with van der Waals surface area (Å²) in [5, 5.41) is 10.5. The van der Waals surface area contributed by atoms with Crippen molar-refractivity contribution in [2.45, 2.75) is 89.6 Å². The van der Waals surface area contributed by atoms with Gasteiger partial charge in [-0.05, 0) is 93.5 Å². The smallest absolute Gasteiger partial charge is 0.193 e. The zero-order valence-electron chi connectivity index (χ0n) is 17.0. The van der Waals surface area contributed by atoms with Crippen molar-refractivity contribution >= 4 is 5.78 Å². The van der Waals surface area contributed by atoms with Crippen LogP contribution in [0.25, 0.3) is 0 Å². The number of hydrogen-bond donors (Lipinski definition) is 1. The number of ether oxygens (including phenoxy) is 1. The molecular weight excluding hydrogens is 338 g/mol. The first-order chi connectivity index (χ1) is 12.9. The number of fused-ring (bicyclic) bond motifs is 6. The summed E-state index contributed by atoms with van der Waals surface area (Å²) >= 11 is 0. The van der Waals surface area contributed by atoms with E-state index >= 15 is 0 Å². The third-order valence-corrected chi connectivity index (χ3v) is 10.3. The van der Waals surface area contributed by atoms with Crippen molar-refractivity contribution in [3.63, 3.8) is 0 Å². The molecule has 4 aliphatic carbocycles. The fourth-order valence-electron chi connectivity index (χ4n) is 8.69. The molecule has 0 bridgehead atoms. The topological polar surface area (TPSA) is 53.1 Å². The third-order valence-electron chi connectivity index (χ3n) is 10.3. The first-order valence-electron chi connectivity index (χ1n) is 11.5. The molecule has 6 fully saturated rings. The monoisotopic (exact) mass is 373 g/mol. The average molecular weight is 374 g/mol. The van der Waals surface area contributed by atoms with Gasteiger partial charge in [0.1, 0.15) is 6.10 Å². The Bertz CT molecular complexity index is 675. The standard InChI is InChI=1S/C23H35NO3/c1-21-8-7-16-15(17(21)11-18(20(21)25)24-9-3-4-10-24)6-5-14-12-23(26)19(27-23)13-22(14,16)2/h14-19,26H,3-13H2,1-2H3/t14-,15+,16-,17-,18-,19+,21-,22-,23-/m0/s1. The Morgan fingerprint density at radius 2 is 1.85 bits per heavy atom. The van der Waals surface area contributed by atoms with E-state index in [1.807, 2.05) is 0 Å². The van der Waals surface area contributed by atoms with Gasteiger partial charge in [-0.15, -0.1) is 0 Å². The fraction of sp³-hybridized carbons (Fsp3) is 0.957. The van der Waals surface area contributed by atoms with Gasteiger partial charge in [-0.1, -0.05) is 13.8 Å². The van der Waals surface area contributed by atoms with Crippen LogP contribution in [-0.4, -0.2) is 46.8 Å². The maximum Gasteiger partial charge on any atom is 0.193 e. The van der Waals surface area contributed by atoms with Gasteiger partial charge < -0.3 is 9.84 Å². The minimum absolute atomic E-state index is 0.0772. The summed E-state index contributed by atoms with van der Waals surface area (Å²) in [5.74, 6) is 2.37. The summed E-state index contributed by atoms with van der Waals surface area (Å²) in [6.07, 6.45) is 10.3. The largest absolute Gasteiger partial charge is 0.363 e. The molecule has 6 aliphatic rings. The van der Waals surface area contributed by atoms with Gasteiger partial charge >= 0.3 is 0 Å². The predicted molar refractivity (Wildman–Crippen MR) is 102 cm³/mol. The lowest BCUT2D eigenvalue weighted by molar-refractivity contribution is -0.143. The van der Waals surface area contributed by atoms with Crippen molar-refractivity contribution in [2.24, 2.45) is 34.5 Å². The average Bonchev–Trinajstić information content (AvgIpc) is 2.98. The number of likely N-dealkylation sites (tertiary alicyclic amines) is 1. The highest BCUT2D eigenvalue weighted by Crippen LogP contribution is 2.68. The summed E-state index contributed by atoms with van der Waals surface area (Å²) in [5.41, 5.74) is 0.218. The van der Waals surface area contributed by atoms with Crippen molar-refractivity contribution < 1.29 is 14.6 Å². The van der Waals surface area contributed by atoms with Crippen LogP contribution >= 0.6 is 0 Å². The van der Waals surface area contributed by atoms with Crippen LogP contribution in [0.4, 0.5) is 0 Å². The van der Waals surface area contributed by atoms with Crippen molar-refractivity contribution in [3.8, 4) is 0 Å². The SMILES string of the molecule is C[C@]12C[C@H]3O[C@@]3(O)C[C@@H]1CC[C@@H]1[C@@H]2CC[C@]2(C)C(=O)[C@@H](N3CCCC3)C[C@@H]12. The van der Waals surface area contributed by atoms with E-state index in [2.05, 4.69) is 18.7 Å². The summed E-state index contributed by atoms with van der Waals surface area (Å²) in [6, 6.07) is 0.204. The number of carbonyl (C=O) groups is 1. The zero-order valence-corrected chi connectivity index (χ0v) is 17.0. The van der Waals surface area contributed by atoms with Gasteiger partial charge in [0, 0.05) is 11.8 Å². The van der Waals surface area contributed by atoms with E-state index < -0.39 is 5.79 Å². The number of nitrogens with zero attached hydrogens (tertiary/aromatic N) is 1. The van der Waals surface area contributed by atoms with Crippen molar-refractivity contribution in [1.29, 1.82) is 0 Å². The number of ketones is 1. The minimum atomic E-state index is -0.787. The Hall–Kier alpha value is -0.450. The highest BCUT2D eigenvalue weighted by atomic mass is 16.7. The molecule has 27 heavy (non-hydrogen) atoms. The molecule has 0 aromatic carbocycles. The summed E-state index contributed by atoms with van der Waals surface area (Å²) in [7, 11) is 0. The van der Waals surface area contributed by atoms with Crippen LogP contribution in [0.2, 0.25) is 0 Å². The van der Waals surface area contributed by atoms with Gasteiger partial charge in [-0.2, -0.15) is 0 Å². The molecule has 0 spiro atoms. The molecule has 0 radical (unpaired) electrons. The molecule has 2 aliphatic heterocycles. The summed E-state index contributed by atoms with van der Waals surface area (Å²) in [6.45, 7) is 7.06. The van der Waals surface area contributed by atoms with Gasteiger partial charge in [-0.3, -0.25) is 9.69 Å². The van der Waals surface area contributed by atoms with Crippen molar-refractivity contribution in [2.75, 3.05) is 13.1 Å². The fourth-order valence-corrected chi connectivity index (χ4v) is 8.69. The maximum atomic E-state index is 13.5. The first kappa shape index (κ1) is 17.4. The number of Topliss-reactive ketones (excluding diaryl/α,β-unsaturated/α-hetero) is 1. The van der Waals surface area contributed by atoms with Crippen LogP contribution in [0.15, 0.2) is 0 Å². The quantitative estimate of drug-likeness (QED) is 0.716. The zero-order chi connectivity index (χ0) is 18.6. The molecule has 150 valence electrons. The Kier molecular flexibility index (Phi) is 3.46. The molecule has 0 aromatic rings. The van der Waals surface area contributed by atoms with E-state index in [4.69, 9.17) is 4.74 Å². The summed E-state index contributed by atoms with van der Waals surface area (Å²) < 4.78 is 5.71. The lowest BCUT2D eigenvalue weighted by Crippen LogP contribution is -2.54. The van der Waals surface area contributed by atoms with Gasteiger partial charge in [0.15, 0.2) is 11.6 Å². The van der Waals surface area contributed by atoms with Crippen LogP contribution in [0.5, 0.6) is 0 Å². The first-order valence-corrected chi connectivity index (χ1v) is 11.5. The van der Waals surface area contributed by atoms with Gasteiger partial charge in [0.25, 0.3) is 0 Å². The molecule has 4 nitrogen and oxygen atoms in total. The Morgan fingerprint density at radius 3 is 2.63 bits per heavy atom. The summed E-state index contributed by atoms with van der Waals surface area (Å²) in [4.78, 5) is 16.0. The normalized spacial score (nSPS) is 59.7. The Balaban J connectivity index is 1.29. The van der Waals surface area contributed by atoms with Gasteiger partial charge in [-0.25, -0.2) is 0 Å². The lowest BCUT2D eigenvalue weighted by Gasteiger charge is -2.59. The van der Waals surface area contributed by atoms with Crippen molar-refractivity contribution in [1.82, 2.24) is 4.90 Å². The molecule has 0 unspecified atom stereocenters. The lowest BCUT2D eigenvalue weighted by atomic mass is 9.45. The maximum absolute atomic E-state index is 13.5. The molecule has 4 heteroatoms. The number of carbonyl (C=O) groups excluding carboxylic acids is 1. The molecule has 4 saturated carbocycles. The van der Waals surface area contributed by atoms with Gasteiger partial charge in [0.2, 0.25) is 0 Å². The molecule has 2 heterocycles. The molecule has 0 amide bonds.